The topological polar surface area (TPSA) is 73.2 Å². The molecule has 0 bridgehead atoms. The monoisotopic (exact) mass is 471 g/mol. The number of amides is 2. The van der Waals surface area contributed by atoms with Gasteiger partial charge in [0.05, 0.1) is 5.25 Å². The third-order valence-electron chi connectivity index (χ3n) is 5.43. The number of benzene rings is 3. The van der Waals surface area contributed by atoms with Gasteiger partial charge in [-0.1, -0.05) is 71.9 Å². The lowest BCUT2D eigenvalue weighted by atomic mass is 10.1. The number of carbonyl (C=O) groups is 2. The van der Waals surface area contributed by atoms with E-state index in [1.54, 1.807) is 0 Å². The van der Waals surface area contributed by atoms with Crippen molar-refractivity contribution in [3.8, 4) is 6.07 Å². The molecule has 34 heavy (non-hydrogen) atoms. The third kappa shape index (κ3) is 5.19. The standard InChI is InChI=1S/C27H22FN3O2S/c1-18-7-9-19(10-8-18)15-24-26(33)31(22-13-11-21(28)12-14-22)27(34-24)23(16-29)25(32)30-17-20-5-3-2-4-6-20/h2-14,24H,15,17H2,1H3,(H,30,32). The number of hydrogen-bond donors (Lipinski definition) is 1. The Hall–Kier alpha value is -3.89. The van der Waals surface area contributed by atoms with Gasteiger partial charge in [0.15, 0.2) is 0 Å². The summed E-state index contributed by atoms with van der Waals surface area (Å²) < 4.78 is 13.5. The highest BCUT2D eigenvalue weighted by molar-refractivity contribution is 8.05. The lowest BCUT2D eigenvalue weighted by Gasteiger charge is -2.18. The van der Waals surface area contributed by atoms with Crippen molar-refractivity contribution in [3.63, 3.8) is 0 Å². The molecule has 0 radical (unpaired) electrons. The molecule has 1 heterocycles. The van der Waals surface area contributed by atoms with E-state index < -0.39 is 17.0 Å². The molecule has 0 aromatic heterocycles. The molecule has 3 aromatic carbocycles. The number of anilines is 1. The largest absolute Gasteiger partial charge is 0.347 e. The lowest BCUT2D eigenvalue weighted by molar-refractivity contribution is -0.117. The van der Waals surface area contributed by atoms with Crippen LogP contribution < -0.4 is 10.2 Å². The normalized spacial score (nSPS) is 16.8. The van der Waals surface area contributed by atoms with E-state index >= 15 is 0 Å². The number of nitriles is 1. The van der Waals surface area contributed by atoms with Gasteiger partial charge in [-0.05, 0) is 48.7 Å². The quantitative estimate of drug-likeness (QED) is 0.411. The number of thioether (sulfide) groups is 1. The van der Waals surface area contributed by atoms with E-state index in [9.17, 15) is 19.2 Å². The van der Waals surface area contributed by atoms with Crippen LogP contribution in [0.2, 0.25) is 0 Å². The number of nitrogens with one attached hydrogen (secondary N) is 1. The van der Waals surface area contributed by atoms with Crippen molar-refractivity contribution in [2.75, 3.05) is 4.90 Å². The fourth-order valence-corrected chi connectivity index (χ4v) is 4.93. The number of halogens is 1. The molecule has 1 aliphatic heterocycles. The molecule has 1 unspecified atom stereocenters. The molecule has 1 N–H and O–H groups in total. The van der Waals surface area contributed by atoms with Crippen LogP contribution in [0.1, 0.15) is 16.7 Å². The first-order valence-electron chi connectivity index (χ1n) is 10.7. The summed E-state index contributed by atoms with van der Waals surface area (Å²) in [6, 6.07) is 24.7. The highest BCUT2D eigenvalue weighted by atomic mass is 32.2. The van der Waals surface area contributed by atoms with E-state index in [4.69, 9.17) is 0 Å². The Bertz CT molecular complexity index is 1270. The molecule has 1 fully saturated rings. The Balaban J connectivity index is 1.66. The molecule has 0 spiro atoms. The second-order valence-electron chi connectivity index (χ2n) is 7.91. The van der Waals surface area contributed by atoms with Crippen LogP contribution >= 0.6 is 11.8 Å². The van der Waals surface area contributed by atoms with Gasteiger partial charge in [0.25, 0.3) is 5.91 Å². The third-order valence-corrected chi connectivity index (χ3v) is 6.69. The molecular weight excluding hydrogens is 449 g/mol. The van der Waals surface area contributed by atoms with Crippen LogP contribution in [0.4, 0.5) is 10.1 Å². The first-order chi connectivity index (χ1) is 16.5. The minimum atomic E-state index is -0.565. The van der Waals surface area contributed by atoms with Crippen LogP contribution in [0.5, 0.6) is 0 Å². The van der Waals surface area contributed by atoms with Gasteiger partial charge in [0.2, 0.25) is 5.91 Å². The van der Waals surface area contributed by atoms with Crippen molar-refractivity contribution in [3.05, 3.63) is 112 Å². The van der Waals surface area contributed by atoms with E-state index in [1.165, 1.54) is 40.9 Å². The number of hydrogen-bond acceptors (Lipinski definition) is 4. The van der Waals surface area contributed by atoms with Crippen LogP contribution in [0.25, 0.3) is 0 Å². The fourth-order valence-electron chi connectivity index (χ4n) is 3.62. The Morgan fingerprint density at radius 2 is 1.71 bits per heavy atom. The smallest absolute Gasteiger partial charge is 0.264 e. The maximum atomic E-state index is 13.5. The van der Waals surface area contributed by atoms with Crippen LogP contribution in [0.3, 0.4) is 0 Å². The second kappa shape index (κ2) is 10.4. The first kappa shape index (κ1) is 23.3. The summed E-state index contributed by atoms with van der Waals surface area (Å²) in [4.78, 5) is 27.8. The number of aryl methyl sites for hydroxylation is 1. The lowest BCUT2D eigenvalue weighted by Crippen LogP contribution is -2.32. The molecule has 170 valence electrons. The van der Waals surface area contributed by atoms with Gasteiger partial charge < -0.3 is 5.32 Å². The van der Waals surface area contributed by atoms with Crippen LogP contribution in [0, 0.1) is 24.1 Å². The summed E-state index contributed by atoms with van der Waals surface area (Å²) in [5.41, 5.74) is 3.24. The molecule has 4 rings (SSSR count). The SMILES string of the molecule is Cc1ccc(CC2SC(=C(C#N)C(=O)NCc3ccccc3)N(c3ccc(F)cc3)C2=O)cc1. The van der Waals surface area contributed by atoms with Gasteiger partial charge in [-0.2, -0.15) is 5.26 Å². The van der Waals surface area contributed by atoms with Gasteiger partial charge in [-0.25, -0.2) is 4.39 Å². The Labute approximate surface area is 201 Å². The van der Waals surface area contributed by atoms with Gasteiger partial charge in [0.1, 0.15) is 22.5 Å². The van der Waals surface area contributed by atoms with E-state index in [0.29, 0.717) is 12.1 Å². The van der Waals surface area contributed by atoms with Crippen LogP contribution in [-0.2, 0) is 22.6 Å². The van der Waals surface area contributed by atoms with Gasteiger partial charge in [-0.3, -0.25) is 14.5 Å². The zero-order valence-corrected chi connectivity index (χ0v) is 19.3. The summed E-state index contributed by atoms with van der Waals surface area (Å²) in [7, 11) is 0. The van der Waals surface area contributed by atoms with Crippen molar-refractivity contribution in [2.24, 2.45) is 0 Å². The highest BCUT2D eigenvalue weighted by Crippen LogP contribution is 2.42. The number of carbonyl (C=O) groups excluding carboxylic acids is 2. The molecule has 3 aromatic rings. The highest BCUT2D eigenvalue weighted by Gasteiger charge is 2.40. The zero-order valence-electron chi connectivity index (χ0n) is 18.5. The molecule has 1 aliphatic rings. The van der Waals surface area contributed by atoms with Crippen LogP contribution in [0.15, 0.2) is 89.5 Å². The zero-order chi connectivity index (χ0) is 24.1. The Morgan fingerprint density at radius 3 is 2.35 bits per heavy atom. The maximum absolute atomic E-state index is 13.5. The molecule has 7 heteroatoms. The van der Waals surface area contributed by atoms with Crippen molar-refractivity contribution < 1.29 is 14.0 Å². The van der Waals surface area contributed by atoms with Gasteiger partial charge in [-0.15, -0.1) is 0 Å². The summed E-state index contributed by atoms with van der Waals surface area (Å²) in [5.74, 6) is -1.26. The number of nitrogens with zero attached hydrogens (tertiary/aromatic N) is 2. The molecule has 0 aliphatic carbocycles. The van der Waals surface area contributed by atoms with Gasteiger partial charge >= 0.3 is 0 Å². The summed E-state index contributed by atoms with van der Waals surface area (Å²) >= 11 is 1.19. The second-order valence-corrected chi connectivity index (χ2v) is 9.10. The number of rotatable bonds is 6. The first-order valence-corrected chi connectivity index (χ1v) is 11.6. The molecule has 1 saturated heterocycles. The predicted octanol–water partition coefficient (Wildman–Crippen LogP) is 4.88. The summed E-state index contributed by atoms with van der Waals surface area (Å²) in [6.45, 7) is 2.24. The maximum Gasteiger partial charge on any atom is 0.264 e. The van der Waals surface area contributed by atoms with Crippen molar-refractivity contribution >= 4 is 29.3 Å². The summed E-state index contributed by atoms with van der Waals surface area (Å²) in [5, 5.41) is 12.4. The van der Waals surface area contributed by atoms with Crippen LogP contribution in [-0.4, -0.2) is 17.1 Å². The van der Waals surface area contributed by atoms with E-state index in [0.717, 1.165) is 16.7 Å². The van der Waals surface area contributed by atoms with Gasteiger partial charge in [0, 0.05) is 12.2 Å². The Morgan fingerprint density at radius 1 is 1.03 bits per heavy atom. The van der Waals surface area contributed by atoms with E-state index in [1.807, 2.05) is 67.6 Å². The van der Waals surface area contributed by atoms with Crippen molar-refractivity contribution in [2.45, 2.75) is 25.1 Å². The predicted molar refractivity (Wildman–Crippen MR) is 131 cm³/mol. The Kier molecular flexibility index (Phi) is 7.09. The van der Waals surface area contributed by atoms with Crippen molar-refractivity contribution in [1.29, 1.82) is 5.26 Å². The average Bonchev–Trinajstić information content (AvgIpc) is 3.16. The van der Waals surface area contributed by atoms with E-state index in [2.05, 4.69) is 5.32 Å². The fraction of sp³-hybridized carbons (Fsp3) is 0.148. The average molecular weight is 472 g/mol. The molecule has 5 nitrogen and oxygen atoms in total. The molecule has 0 saturated carbocycles. The minimum absolute atomic E-state index is 0.148. The molecule has 2 amide bonds. The molecular formula is C27H22FN3O2S. The molecule has 1 atom stereocenters. The minimum Gasteiger partial charge on any atom is -0.347 e. The van der Waals surface area contributed by atoms with E-state index in [-0.39, 0.29) is 23.1 Å². The van der Waals surface area contributed by atoms with Crippen molar-refractivity contribution in [1.82, 2.24) is 5.32 Å². The summed E-state index contributed by atoms with van der Waals surface area (Å²) in [6.07, 6.45) is 0.440.